The Morgan fingerprint density at radius 2 is 1.79 bits per heavy atom. The first-order valence-corrected chi connectivity index (χ1v) is 10.4. The molecule has 0 aromatic heterocycles. The summed E-state index contributed by atoms with van der Waals surface area (Å²) in [5, 5.41) is 2.77. The smallest absolute Gasteiger partial charge is 0.247 e. The monoisotopic (exact) mass is 424 g/mol. The van der Waals surface area contributed by atoms with Crippen molar-refractivity contribution >= 4 is 15.9 Å². The zero-order chi connectivity index (χ0) is 21.6. The van der Waals surface area contributed by atoms with Gasteiger partial charge in [-0.15, -0.1) is 0 Å². The molecule has 0 radical (unpaired) electrons. The highest BCUT2D eigenvalue weighted by Gasteiger charge is 2.29. The van der Waals surface area contributed by atoms with Crippen LogP contribution in [0.25, 0.3) is 0 Å². The van der Waals surface area contributed by atoms with Gasteiger partial charge in [0.25, 0.3) is 0 Å². The maximum atomic E-state index is 13.6. The Labute approximate surface area is 170 Å². The summed E-state index contributed by atoms with van der Waals surface area (Å²) in [5.41, 5.74) is 0.844. The van der Waals surface area contributed by atoms with Gasteiger partial charge in [-0.3, -0.25) is 4.79 Å². The van der Waals surface area contributed by atoms with Crippen LogP contribution in [0.1, 0.15) is 25.5 Å². The molecule has 29 heavy (non-hydrogen) atoms. The van der Waals surface area contributed by atoms with Crippen LogP contribution >= 0.6 is 0 Å². The number of sulfonamides is 1. The molecule has 2 aromatic rings. The first-order chi connectivity index (χ1) is 13.7. The van der Waals surface area contributed by atoms with Crippen molar-refractivity contribution in [2.45, 2.75) is 24.8 Å². The fraction of sp³-hybridized carbons (Fsp3) is 0.350. The first kappa shape index (κ1) is 22.6. The summed E-state index contributed by atoms with van der Waals surface area (Å²) in [5.74, 6) is -0.483. The predicted molar refractivity (Wildman–Crippen MR) is 107 cm³/mol. The van der Waals surface area contributed by atoms with Crippen molar-refractivity contribution in [3.63, 3.8) is 0 Å². The minimum atomic E-state index is -4.13. The van der Waals surface area contributed by atoms with Crippen LogP contribution in [-0.2, 0) is 14.8 Å². The Kier molecular flexibility index (Phi) is 7.58. The van der Waals surface area contributed by atoms with Crippen LogP contribution in [0.15, 0.2) is 47.4 Å². The van der Waals surface area contributed by atoms with Gasteiger partial charge in [0.1, 0.15) is 22.2 Å². The molecule has 1 N–H and O–H groups in total. The van der Waals surface area contributed by atoms with Crippen molar-refractivity contribution in [3.8, 4) is 11.5 Å². The maximum absolute atomic E-state index is 13.6. The Balaban J connectivity index is 2.15. The van der Waals surface area contributed by atoms with E-state index in [0.717, 1.165) is 22.0 Å². The Bertz CT molecular complexity index is 948. The third-order valence-electron chi connectivity index (χ3n) is 4.41. The van der Waals surface area contributed by atoms with E-state index < -0.39 is 28.3 Å². The molecule has 2 aromatic carbocycles. The van der Waals surface area contributed by atoms with Crippen molar-refractivity contribution in [2.24, 2.45) is 0 Å². The molecule has 0 bridgehead atoms. The normalized spacial score (nSPS) is 12.5. The molecule has 0 aliphatic rings. The van der Waals surface area contributed by atoms with E-state index in [1.165, 1.54) is 13.2 Å². The molecule has 2 rings (SSSR count). The fourth-order valence-electron chi connectivity index (χ4n) is 2.78. The van der Waals surface area contributed by atoms with Crippen LogP contribution in [0.4, 0.5) is 4.39 Å². The van der Waals surface area contributed by atoms with Gasteiger partial charge in [0.2, 0.25) is 15.9 Å². The summed E-state index contributed by atoms with van der Waals surface area (Å²) in [7, 11) is -1.27. The number of carbonyl (C=O) groups excluding carboxylic acids is 1. The number of halogens is 1. The van der Waals surface area contributed by atoms with Crippen molar-refractivity contribution in [1.82, 2.24) is 9.62 Å². The summed E-state index contributed by atoms with van der Waals surface area (Å²) in [6.07, 6.45) is 0. The van der Waals surface area contributed by atoms with E-state index in [4.69, 9.17) is 9.47 Å². The lowest BCUT2D eigenvalue weighted by Crippen LogP contribution is -2.41. The average molecular weight is 424 g/mol. The van der Waals surface area contributed by atoms with Crippen LogP contribution < -0.4 is 14.8 Å². The van der Waals surface area contributed by atoms with Gasteiger partial charge >= 0.3 is 0 Å². The average Bonchev–Trinajstić information content (AvgIpc) is 2.71. The molecule has 0 aliphatic heterocycles. The van der Waals surface area contributed by atoms with Gasteiger partial charge in [-0.05, 0) is 42.8 Å². The number of rotatable bonds is 9. The molecule has 0 saturated carbocycles. The maximum Gasteiger partial charge on any atom is 0.247 e. The number of amides is 1. The first-order valence-electron chi connectivity index (χ1n) is 9.00. The number of methoxy groups -OCH3 is 2. The second kappa shape index (κ2) is 9.71. The summed E-state index contributed by atoms with van der Waals surface area (Å²) in [6.45, 7) is 3.02. The summed E-state index contributed by atoms with van der Waals surface area (Å²) < 4.78 is 50.6. The van der Waals surface area contributed by atoms with Crippen LogP contribution in [0, 0.1) is 5.82 Å². The van der Waals surface area contributed by atoms with Crippen LogP contribution in [0.2, 0.25) is 0 Å². The van der Waals surface area contributed by atoms with Gasteiger partial charge in [-0.1, -0.05) is 19.1 Å². The van der Waals surface area contributed by atoms with Crippen LogP contribution in [0.3, 0.4) is 0 Å². The van der Waals surface area contributed by atoms with E-state index in [2.05, 4.69) is 5.32 Å². The third kappa shape index (κ3) is 5.45. The van der Waals surface area contributed by atoms with Gasteiger partial charge < -0.3 is 14.8 Å². The van der Waals surface area contributed by atoms with Gasteiger partial charge in [-0.2, -0.15) is 4.31 Å². The lowest BCUT2D eigenvalue weighted by atomic mass is 10.1. The Morgan fingerprint density at radius 1 is 1.14 bits per heavy atom. The molecule has 0 heterocycles. The van der Waals surface area contributed by atoms with Gasteiger partial charge in [0, 0.05) is 6.54 Å². The fourth-order valence-corrected chi connectivity index (χ4v) is 4.35. The Hall–Kier alpha value is -2.65. The van der Waals surface area contributed by atoms with E-state index >= 15 is 0 Å². The molecular weight excluding hydrogens is 399 g/mol. The van der Waals surface area contributed by atoms with Crippen molar-refractivity contribution in [1.29, 1.82) is 0 Å². The second-order valence-electron chi connectivity index (χ2n) is 6.29. The van der Waals surface area contributed by atoms with Gasteiger partial charge in [0.05, 0.1) is 26.8 Å². The topological polar surface area (TPSA) is 84.9 Å². The summed E-state index contributed by atoms with van der Waals surface area (Å²) >= 11 is 0. The van der Waals surface area contributed by atoms with E-state index in [9.17, 15) is 17.6 Å². The van der Waals surface area contributed by atoms with Crippen LogP contribution in [-0.4, -0.2) is 45.9 Å². The number of nitrogens with zero attached hydrogens (tertiary/aromatic N) is 1. The van der Waals surface area contributed by atoms with Crippen molar-refractivity contribution < 1.29 is 27.1 Å². The summed E-state index contributed by atoms with van der Waals surface area (Å²) in [6, 6.07) is 10.1. The summed E-state index contributed by atoms with van der Waals surface area (Å²) in [4.78, 5) is 12.1. The molecular formula is C20H25FN2O5S. The number of benzene rings is 2. The van der Waals surface area contributed by atoms with Crippen molar-refractivity contribution in [3.05, 3.63) is 53.8 Å². The number of hydrogen-bond donors (Lipinski definition) is 1. The highest BCUT2D eigenvalue weighted by atomic mass is 32.2. The quantitative estimate of drug-likeness (QED) is 0.669. The standard InChI is InChI=1S/C20H25FN2O5S/c1-5-23(29(25,26)19-12-16(21)8-11-18(19)28-4)13-20(24)22-14(2)15-6-9-17(27-3)10-7-15/h6-12,14H,5,13H2,1-4H3,(H,22,24). The van der Waals surface area contributed by atoms with E-state index in [0.29, 0.717) is 5.75 Å². The molecule has 1 unspecified atom stereocenters. The van der Waals surface area contributed by atoms with Crippen molar-refractivity contribution in [2.75, 3.05) is 27.3 Å². The van der Waals surface area contributed by atoms with Gasteiger partial charge in [-0.25, -0.2) is 12.8 Å². The Morgan fingerprint density at radius 3 is 2.34 bits per heavy atom. The molecule has 0 aliphatic carbocycles. The molecule has 0 spiro atoms. The highest BCUT2D eigenvalue weighted by molar-refractivity contribution is 7.89. The molecule has 158 valence electrons. The largest absolute Gasteiger partial charge is 0.497 e. The number of ether oxygens (including phenoxy) is 2. The zero-order valence-corrected chi connectivity index (χ0v) is 17.6. The molecule has 1 amide bonds. The molecule has 0 saturated heterocycles. The van der Waals surface area contributed by atoms with E-state index in [1.54, 1.807) is 33.1 Å². The number of hydrogen-bond acceptors (Lipinski definition) is 5. The zero-order valence-electron chi connectivity index (χ0n) is 16.8. The second-order valence-corrected chi connectivity index (χ2v) is 8.20. The molecule has 7 nitrogen and oxygen atoms in total. The minimum Gasteiger partial charge on any atom is -0.497 e. The number of likely N-dealkylation sites (N-methyl/N-ethyl adjacent to an activating group) is 1. The lowest BCUT2D eigenvalue weighted by molar-refractivity contribution is -0.121. The number of nitrogens with one attached hydrogen (secondary N) is 1. The third-order valence-corrected chi connectivity index (χ3v) is 6.35. The predicted octanol–water partition coefficient (Wildman–Crippen LogP) is 2.73. The lowest BCUT2D eigenvalue weighted by Gasteiger charge is -2.22. The van der Waals surface area contributed by atoms with Gasteiger partial charge in [0.15, 0.2) is 0 Å². The SMILES string of the molecule is CCN(CC(=O)NC(C)c1ccc(OC)cc1)S(=O)(=O)c1cc(F)ccc1OC. The molecule has 1 atom stereocenters. The van der Waals surface area contributed by atoms with Crippen LogP contribution in [0.5, 0.6) is 11.5 Å². The number of carbonyl (C=O) groups is 1. The van der Waals surface area contributed by atoms with E-state index in [-0.39, 0.29) is 23.2 Å². The highest BCUT2D eigenvalue weighted by Crippen LogP contribution is 2.27. The molecule has 9 heteroatoms. The minimum absolute atomic E-state index is 0.0110. The molecule has 0 fully saturated rings. The van der Waals surface area contributed by atoms with E-state index in [1.807, 2.05) is 12.1 Å².